The molecule has 0 spiro atoms. The van der Waals surface area contributed by atoms with Crippen molar-refractivity contribution in [2.75, 3.05) is 5.88 Å². The van der Waals surface area contributed by atoms with E-state index in [1.165, 1.54) is 13.0 Å². The van der Waals surface area contributed by atoms with Gasteiger partial charge < -0.3 is 0 Å². The second-order valence-corrected chi connectivity index (χ2v) is 3.44. The first-order valence-electron chi connectivity index (χ1n) is 4.35. The third-order valence-electron chi connectivity index (χ3n) is 1.97. The van der Waals surface area contributed by atoms with E-state index in [4.69, 9.17) is 11.6 Å². The number of alkyl halides is 4. The van der Waals surface area contributed by atoms with Gasteiger partial charge in [-0.3, -0.25) is 0 Å². The summed E-state index contributed by atoms with van der Waals surface area (Å²) in [5.41, 5.74) is 0.137. The van der Waals surface area contributed by atoms with E-state index in [1.54, 1.807) is 18.2 Å². The van der Waals surface area contributed by atoms with Crippen molar-refractivity contribution in [1.29, 1.82) is 0 Å². The summed E-state index contributed by atoms with van der Waals surface area (Å²) in [5.74, 6) is 0.287. The molecule has 0 N–H and O–H groups in total. The van der Waals surface area contributed by atoms with Crippen molar-refractivity contribution in [3.8, 4) is 0 Å². The van der Waals surface area contributed by atoms with Gasteiger partial charge in [-0.15, -0.1) is 11.6 Å². The maximum atomic E-state index is 12.5. The van der Waals surface area contributed by atoms with Crippen molar-refractivity contribution in [3.63, 3.8) is 0 Å². The van der Waals surface area contributed by atoms with Gasteiger partial charge in [0.2, 0.25) is 0 Å². The van der Waals surface area contributed by atoms with Gasteiger partial charge in [-0.05, 0) is 24.1 Å². The highest BCUT2D eigenvalue weighted by atomic mass is 35.5. The van der Waals surface area contributed by atoms with E-state index in [-0.39, 0.29) is 11.4 Å². The van der Waals surface area contributed by atoms with Gasteiger partial charge in [0.15, 0.2) is 0 Å². The first-order chi connectivity index (χ1) is 6.95. The van der Waals surface area contributed by atoms with Gasteiger partial charge in [0.25, 0.3) is 0 Å². The van der Waals surface area contributed by atoms with E-state index in [1.807, 2.05) is 0 Å². The van der Waals surface area contributed by atoms with Crippen LogP contribution in [0.5, 0.6) is 0 Å². The Balaban J connectivity index is 3.11. The van der Waals surface area contributed by atoms with E-state index >= 15 is 0 Å². The molecule has 82 valence electrons. The molecular weight excluding hydrogens is 225 g/mol. The van der Waals surface area contributed by atoms with Crippen molar-refractivity contribution < 1.29 is 13.2 Å². The topological polar surface area (TPSA) is 0 Å². The van der Waals surface area contributed by atoms with Gasteiger partial charge in [-0.1, -0.05) is 24.3 Å². The molecule has 0 saturated heterocycles. The van der Waals surface area contributed by atoms with Crippen molar-refractivity contribution in [2.45, 2.75) is 13.1 Å². The molecule has 4 heteroatoms. The van der Waals surface area contributed by atoms with Crippen LogP contribution in [0, 0.1) is 6.92 Å². The third-order valence-corrected chi connectivity index (χ3v) is 2.14. The molecule has 15 heavy (non-hydrogen) atoms. The van der Waals surface area contributed by atoms with Crippen LogP contribution in [0.3, 0.4) is 0 Å². The van der Waals surface area contributed by atoms with E-state index in [0.29, 0.717) is 5.56 Å². The largest absolute Gasteiger partial charge is 0.416 e. The van der Waals surface area contributed by atoms with Crippen molar-refractivity contribution >= 4 is 17.7 Å². The van der Waals surface area contributed by atoms with Gasteiger partial charge in [0.1, 0.15) is 0 Å². The van der Waals surface area contributed by atoms with Crippen LogP contribution < -0.4 is 0 Å². The lowest BCUT2D eigenvalue weighted by Gasteiger charge is -2.10. The Labute approximate surface area is 91.4 Å². The standard InChI is InChI=1S/C11H10ClF3/c1-8-4-5-9(3-2-6-12)7-10(8)11(13,14)15/h2-5,7H,6H2,1H3. The molecule has 1 aromatic carbocycles. The average Bonchev–Trinajstić information content (AvgIpc) is 2.15. The smallest absolute Gasteiger partial charge is 0.166 e. The summed E-state index contributed by atoms with van der Waals surface area (Å²) in [4.78, 5) is 0. The fourth-order valence-electron chi connectivity index (χ4n) is 1.23. The highest BCUT2D eigenvalue weighted by molar-refractivity contribution is 6.19. The minimum atomic E-state index is -4.30. The molecule has 0 saturated carbocycles. The van der Waals surface area contributed by atoms with Crippen LogP contribution in [0.1, 0.15) is 16.7 Å². The number of hydrogen-bond acceptors (Lipinski definition) is 0. The second-order valence-electron chi connectivity index (χ2n) is 3.13. The first kappa shape index (κ1) is 12.1. The Bertz CT molecular complexity index is 367. The van der Waals surface area contributed by atoms with Crippen LogP contribution in [0.25, 0.3) is 6.08 Å². The number of halogens is 4. The molecule has 0 aliphatic heterocycles. The zero-order chi connectivity index (χ0) is 11.5. The van der Waals surface area contributed by atoms with Crippen LogP contribution in [-0.4, -0.2) is 5.88 Å². The molecule has 0 aliphatic rings. The van der Waals surface area contributed by atoms with Gasteiger partial charge in [0.05, 0.1) is 5.56 Å². The van der Waals surface area contributed by atoms with Crippen LogP contribution >= 0.6 is 11.6 Å². The molecule has 0 nitrogen and oxygen atoms in total. The van der Waals surface area contributed by atoms with E-state index in [2.05, 4.69) is 0 Å². The Morgan fingerprint density at radius 3 is 2.53 bits per heavy atom. The van der Waals surface area contributed by atoms with E-state index in [0.717, 1.165) is 6.07 Å². The Morgan fingerprint density at radius 1 is 1.33 bits per heavy atom. The average molecular weight is 235 g/mol. The normalized spacial score (nSPS) is 12.3. The van der Waals surface area contributed by atoms with Crippen molar-refractivity contribution in [2.24, 2.45) is 0 Å². The van der Waals surface area contributed by atoms with Gasteiger partial charge in [0, 0.05) is 5.88 Å². The number of aryl methyl sites for hydroxylation is 1. The molecule has 0 radical (unpaired) electrons. The molecule has 0 atom stereocenters. The molecule has 0 aliphatic carbocycles. The molecule has 0 bridgehead atoms. The molecule has 1 aromatic rings. The monoisotopic (exact) mass is 234 g/mol. The molecular formula is C11H10ClF3. The fourth-order valence-corrected chi connectivity index (χ4v) is 1.32. The molecule has 0 heterocycles. The predicted octanol–water partition coefficient (Wildman–Crippen LogP) is 4.27. The van der Waals surface area contributed by atoms with Crippen LogP contribution in [-0.2, 0) is 6.18 Å². The SMILES string of the molecule is Cc1ccc(C=CCCl)cc1C(F)(F)F. The summed E-state index contributed by atoms with van der Waals surface area (Å²) in [5, 5.41) is 0. The highest BCUT2D eigenvalue weighted by Gasteiger charge is 2.32. The molecule has 0 fully saturated rings. The predicted molar refractivity (Wildman–Crippen MR) is 55.9 cm³/mol. The lowest BCUT2D eigenvalue weighted by atomic mass is 10.0. The summed E-state index contributed by atoms with van der Waals surface area (Å²) in [7, 11) is 0. The maximum absolute atomic E-state index is 12.5. The van der Waals surface area contributed by atoms with Gasteiger partial charge in [-0.25, -0.2) is 0 Å². The summed E-state index contributed by atoms with van der Waals surface area (Å²) in [6.45, 7) is 1.44. The summed E-state index contributed by atoms with van der Waals surface area (Å²) < 4.78 is 37.5. The Morgan fingerprint density at radius 2 is 2.00 bits per heavy atom. The maximum Gasteiger partial charge on any atom is 0.416 e. The van der Waals surface area contributed by atoms with Crippen LogP contribution in [0.2, 0.25) is 0 Å². The lowest BCUT2D eigenvalue weighted by molar-refractivity contribution is -0.138. The zero-order valence-electron chi connectivity index (χ0n) is 8.11. The Kier molecular flexibility index (Phi) is 3.80. The molecule has 0 amide bonds. The number of rotatable bonds is 2. The first-order valence-corrected chi connectivity index (χ1v) is 4.89. The van der Waals surface area contributed by atoms with Crippen LogP contribution in [0.15, 0.2) is 24.3 Å². The second kappa shape index (κ2) is 4.71. The van der Waals surface area contributed by atoms with E-state index < -0.39 is 11.7 Å². The Hall–Kier alpha value is -0.960. The lowest BCUT2D eigenvalue weighted by Crippen LogP contribution is -2.07. The molecule has 1 rings (SSSR count). The third kappa shape index (κ3) is 3.27. The summed E-state index contributed by atoms with van der Waals surface area (Å²) in [6, 6.07) is 4.21. The van der Waals surface area contributed by atoms with Crippen LogP contribution in [0.4, 0.5) is 13.2 Å². The summed E-state index contributed by atoms with van der Waals surface area (Å²) in [6.07, 6.45) is -1.12. The molecule has 0 aromatic heterocycles. The number of hydrogen-bond donors (Lipinski definition) is 0. The zero-order valence-corrected chi connectivity index (χ0v) is 8.86. The summed E-state index contributed by atoms with van der Waals surface area (Å²) >= 11 is 5.40. The van der Waals surface area contributed by atoms with Gasteiger partial charge >= 0.3 is 6.18 Å². The highest BCUT2D eigenvalue weighted by Crippen LogP contribution is 2.32. The number of allylic oxidation sites excluding steroid dienone is 1. The number of benzene rings is 1. The van der Waals surface area contributed by atoms with E-state index in [9.17, 15) is 13.2 Å². The van der Waals surface area contributed by atoms with Crippen molar-refractivity contribution in [1.82, 2.24) is 0 Å². The molecule has 0 unspecified atom stereocenters. The van der Waals surface area contributed by atoms with Crippen molar-refractivity contribution in [3.05, 3.63) is 41.0 Å². The fraction of sp³-hybridized carbons (Fsp3) is 0.273. The quantitative estimate of drug-likeness (QED) is 0.671. The minimum absolute atomic E-state index is 0.227. The minimum Gasteiger partial charge on any atom is -0.166 e. The van der Waals surface area contributed by atoms with Gasteiger partial charge in [-0.2, -0.15) is 13.2 Å².